The van der Waals surface area contributed by atoms with Gasteiger partial charge in [-0.1, -0.05) is 51.1 Å². The van der Waals surface area contributed by atoms with Gasteiger partial charge in [0.25, 0.3) is 0 Å². The summed E-state index contributed by atoms with van der Waals surface area (Å²) in [5.41, 5.74) is 13.2. The van der Waals surface area contributed by atoms with Crippen LogP contribution in [0.1, 0.15) is 37.8 Å². The number of hydrogen-bond acceptors (Lipinski definition) is 4. The molecule has 4 rings (SSSR count). The minimum Gasteiger partial charge on any atom is -0.383 e. The molecule has 0 aliphatic heterocycles. The number of imidazole rings is 1. The van der Waals surface area contributed by atoms with Crippen molar-refractivity contribution in [3.05, 3.63) is 84.7 Å². The largest absolute Gasteiger partial charge is 0.383 e. The lowest BCUT2D eigenvalue weighted by Gasteiger charge is -2.11. The summed E-state index contributed by atoms with van der Waals surface area (Å²) in [5.74, 6) is 1.18. The SMILES string of the molecule is C=C/C=C(\CCC)c1cnc2c(c1)nc(-c1cccnc1N)n2-c1ccc(CC)cc1. The summed E-state index contributed by atoms with van der Waals surface area (Å²) in [6.45, 7) is 8.17. The van der Waals surface area contributed by atoms with Gasteiger partial charge in [0.05, 0.1) is 5.56 Å². The number of aryl methyl sites for hydroxylation is 1. The number of anilines is 1. The summed E-state index contributed by atoms with van der Waals surface area (Å²) >= 11 is 0. The van der Waals surface area contributed by atoms with Crippen molar-refractivity contribution in [2.45, 2.75) is 33.1 Å². The van der Waals surface area contributed by atoms with Crippen molar-refractivity contribution in [2.75, 3.05) is 5.73 Å². The molecule has 0 atom stereocenters. The molecule has 0 unspecified atom stereocenters. The number of nitrogens with two attached hydrogens (primary N) is 1. The molecule has 3 aromatic heterocycles. The molecular weight excluding hydrogens is 382 g/mol. The van der Waals surface area contributed by atoms with Gasteiger partial charge in [0, 0.05) is 18.1 Å². The van der Waals surface area contributed by atoms with Crippen LogP contribution in [-0.4, -0.2) is 19.5 Å². The summed E-state index contributed by atoms with van der Waals surface area (Å²) in [6, 6.07) is 14.4. The van der Waals surface area contributed by atoms with Crippen LogP contribution in [0.25, 0.3) is 33.8 Å². The van der Waals surface area contributed by atoms with E-state index in [9.17, 15) is 0 Å². The van der Waals surface area contributed by atoms with Crippen molar-refractivity contribution >= 4 is 22.6 Å². The molecule has 0 aliphatic rings. The van der Waals surface area contributed by atoms with E-state index in [0.717, 1.165) is 53.1 Å². The number of hydrogen-bond donors (Lipinski definition) is 1. The van der Waals surface area contributed by atoms with Crippen molar-refractivity contribution in [1.29, 1.82) is 0 Å². The minimum atomic E-state index is 0.447. The number of fused-ring (bicyclic) bond motifs is 1. The van der Waals surface area contributed by atoms with Crippen LogP contribution in [0.2, 0.25) is 0 Å². The normalized spacial score (nSPS) is 11.7. The number of nitrogens with zero attached hydrogens (tertiary/aromatic N) is 4. The van der Waals surface area contributed by atoms with E-state index >= 15 is 0 Å². The van der Waals surface area contributed by atoms with Gasteiger partial charge < -0.3 is 5.73 Å². The molecule has 0 fully saturated rings. The predicted octanol–water partition coefficient (Wildman–Crippen LogP) is 6.00. The Morgan fingerprint density at radius 3 is 2.61 bits per heavy atom. The van der Waals surface area contributed by atoms with E-state index in [1.165, 1.54) is 11.1 Å². The first kappa shape index (κ1) is 20.5. The van der Waals surface area contributed by atoms with E-state index in [2.05, 4.69) is 60.3 Å². The molecule has 3 heterocycles. The average Bonchev–Trinajstić information content (AvgIpc) is 3.17. The molecule has 5 nitrogen and oxygen atoms in total. The lowest BCUT2D eigenvalue weighted by Crippen LogP contribution is -2.02. The smallest absolute Gasteiger partial charge is 0.164 e. The van der Waals surface area contributed by atoms with Crippen LogP contribution in [-0.2, 0) is 6.42 Å². The van der Waals surface area contributed by atoms with Crippen LogP contribution in [0.3, 0.4) is 0 Å². The topological polar surface area (TPSA) is 69.6 Å². The van der Waals surface area contributed by atoms with Gasteiger partial charge >= 0.3 is 0 Å². The minimum absolute atomic E-state index is 0.447. The monoisotopic (exact) mass is 409 g/mol. The Morgan fingerprint density at radius 2 is 1.94 bits per heavy atom. The van der Waals surface area contributed by atoms with Gasteiger partial charge in [-0.15, -0.1) is 0 Å². The fraction of sp³-hybridized carbons (Fsp3) is 0.192. The second-order valence-electron chi connectivity index (χ2n) is 7.47. The lowest BCUT2D eigenvalue weighted by molar-refractivity contribution is 0.972. The fourth-order valence-corrected chi connectivity index (χ4v) is 3.79. The highest BCUT2D eigenvalue weighted by molar-refractivity contribution is 5.85. The Bertz CT molecular complexity index is 1250. The molecule has 31 heavy (non-hydrogen) atoms. The molecule has 4 aromatic rings. The molecule has 0 spiro atoms. The summed E-state index contributed by atoms with van der Waals surface area (Å²) in [7, 11) is 0. The average molecular weight is 410 g/mol. The maximum atomic E-state index is 6.22. The van der Waals surface area contributed by atoms with E-state index in [0.29, 0.717) is 5.82 Å². The van der Waals surface area contributed by atoms with Crippen molar-refractivity contribution in [3.63, 3.8) is 0 Å². The first-order valence-electron chi connectivity index (χ1n) is 10.7. The van der Waals surface area contributed by atoms with Gasteiger partial charge in [0.15, 0.2) is 11.5 Å². The summed E-state index contributed by atoms with van der Waals surface area (Å²) < 4.78 is 2.06. The van der Waals surface area contributed by atoms with Crippen molar-refractivity contribution in [3.8, 4) is 17.1 Å². The Hall–Kier alpha value is -3.73. The highest BCUT2D eigenvalue weighted by Gasteiger charge is 2.18. The third-order valence-electron chi connectivity index (χ3n) is 5.39. The van der Waals surface area contributed by atoms with E-state index in [1.807, 2.05) is 30.5 Å². The molecule has 0 aliphatic carbocycles. The van der Waals surface area contributed by atoms with Crippen molar-refractivity contribution < 1.29 is 0 Å². The summed E-state index contributed by atoms with van der Waals surface area (Å²) in [4.78, 5) is 14.0. The zero-order chi connectivity index (χ0) is 21.8. The zero-order valence-electron chi connectivity index (χ0n) is 18.0. The molecule has 0 saturated carbocycles. The Kier molecular flexibility index (Phi) is 5.94. The van der Waals surface area contributed by atoms with E-state index in [-0.39, 0.29) is 0 Å². The molecule has 5 heteroatoms. The summed E-state index contributed by atoms with van der Waals surface area (Å²) in [5, 5.41) is 0. The first-order valence-corrected chi connectivity index (χ1v) is 10.7. The Balaban J connectivity index is 1.96. The molecule has 0 amide bonds. The van der Waals surface area contributed by atoms with Crippen LogP contribution >= 0.6 is 0 Å². The molecule has 2 N–H and O–H groups in total. The van der Waals surface area contributed by atoms with E-state index in [1.54, 1.807) is 6.20 Å². The second-order valence-corrected chi connectivity index (χ2v) is 7.47. The number of aromatic nitrogens is 4. The van der Waals surface area contributed by atoms with Crippen molar-refractivity contribution in [2.24, 2.45) is 0 Å². The Morgan fingerprint density at radius 1 is 1.13 bits per heavy atom. The fourth-order valence-electron chi connectivity index (χ4n) is 3.79. The zero-order valence-corrected chi connectivity index (χ0v) is 18.0. The first-order chi connectivity index (χ1) is 15.2. The molecule has 1 aromatic carbocycles. The summed E-state index contributed by atoms with van der Waals surface area (Å²) in [6.07, 6.45) is 10.5. The van der Waals surface area contributed by atoms with Gasteiger partial charge in [-0.2, -0.15) is 0 Å². The predicted molar refractivity (Wildman–Crippen MR) is 129 cm³/mol. The maximum Gasteiger partial charge on any atom is 0.164 e. The van der Waals surface area contributed by atoms with E-state index in [4.69, 9.17) is 15.7 Å². The number of rotatable bonds is 7. The number of pyridine rings is 2. The quantitative estimate of drug-likeness (QED) is 0.380. The van der Waals surface area contributed by atoms with Crippen LogP contribution in [0, 0.1) is 0 Å². The van der Waals surface area contributed by atoms with Gasteiger partial charge in [-0.3, -0.25) is 4.57 Å². The van der Waals surface area contributed by atoms with Crippen LogP contribution in [0.5, 0.6) is 0 Å². The van der Waals surface area contributed by atoms with Gasteiger partial charge in [0.2, 0.25) is 0 Å². The number of allylic oxidation sites excluding steroid dienone is 3. The van der Waals surface area contributed by atoms with Gasteiger partial charge in [-0.05, 0) is 59.9 Å². The number of nitrogen functional groups attached to an aromatic ring is 1. The molecular formula is C26H27N5. The standard InChI is InChI=1S/C26H27N5/c1-4-8-19(9-5-2)20-16-23-26(29-17-20)31(21-13-11-18(6-3)12-14-21)25(30-23)22-10-7-15-28-24(22)27/h4,7-8,10-17H,1,5-6,9H2,2-3H3,(H2,27,28)/b19-8+. The molecule has 0 saturated heterocycles. The van der Waals surface area contributed by atoms with Gasteiger partial charge in [-0.25, -0.2) is 15.0 Å². The highest BCUT2D eigenvalue weighted by Crippen LogP contribution is 2.32. The Labute approximate surface area is 183 Å². The van der Waals surface area contributed by atoms with Gasteiger partial charge in [0.1, 0.15) is 11.3 Å². The molecule has 0 radical (unpaired) electrons. The van der Waals surface area contributed by atoms with Crippen LogP contribution in [0.15, 0.2) is 73.6 Å². The second kappa shape index (κ2) is 8.96. The van der Waals surface area contributed by atoms with Crippen LogP contribution in [0.4, 0.5) is 5.82 Å². The highest BCUT2D eigenvalue weighted by atomic mass is 15.1. The third-order valence-corrected chi connectivity index (χ3v) is 5.39. The number of benzene rings is 1. The van der Waals surface area contributed by atoms with Crippen LogP contribution < -0.4 is 5.73 Å². The molecule has 0 bridgehead atoms. The third kappa shape index (κ3) is 3.99. The molecule has 156 valence electrons. The maximum absolute atomic E-state index is 6.22. The lowest BCUT2D eigenvalue weighted by atomic mass is 10.0. The van der Waals surface area contributed by atoms with Crippen molar-refractivity contribution in [1.82, 2.24) is 19.5 Å². The van der Waals surface area contributed by atoms with E-state index < -0.39 is 0 Å².